The van der Waals surface area contributed by atoms with Crippen LogP contribution in [0.25, 0.3) is 93.5 Å². The number of aromatic nitrogens is 1. The van der Waals surface area contributed by atoms with Crippen LogP contribution >= 0.6 is 0 Å². The molecule has 12 rings (SSSR count). The standard InChI is InChI=1S/C62H42N2/c1-4-18-43(19-5-1)55-28-14-16-30-60(55)63(52-38-49-26-12-13-27-53(49)58(42-52)45-22-8-3-9-23-45)51-36-37-54(57(41-51)44-20-6-2-7-21-44)46-32-34-50(35-33-46)64-61-31-17-15-29-56(61)59-39-47-24-10-11-25-48(47)40-62(59)64/h1-42H. The van der Waals surface area contributed by atoms with Gasteiger partial charge in [0.1, 0.15) is 0 Å². The molecule has 0 aliphatic heterocycles. The van der Waals surface area contributed by atoms with Crippen molar-refractivity contribution < 1.29 is 0 Å². The highest BCUT2D eigenvalue weighted by Crippen LogP contribution is 2.46. The molecule has 1 aromatic heterocycles. The summed E-state index contributed by atoms with van der Waals surface area (Å²) in [5.74, 6) is 0. The second-order valence-electron chi connectivity index (χ2n) is 16.5. The lowest BCUT2D eigenvalue weighted by Crippen LogP contribution is -2.12. The summed E-state index contributed by atoms with van der Waals surface area (Å²) in [6.07, 6.45) is 0. The quantitative estimate of drug-likeness (QED) is 0.148. The molecule has 0 radical (unpaired) electrons. The minimum atomic E-state index is 1.08. The monoisotopic (exact) mass is 814 g/mol. The molecule has 0 aliphatic carbocycles. The highest BCUT2D eigenvalue weighted by atomic mass is 15.1. The molecular weight excluding hydrogens is 773 g/mol. The predicted octanol–water partition coefficient (Wildman–Crippen LogP) is 17.2. The van der Waals surface area contributed by atoms with Crippen molar-refractivity contribution in [2.24, 2.45) is 0 Å². The van der Waals surface area contributed by atoms with Crippen molar-refractivity contribution in [1.29, 1.82) is 0 Å². The van der Waals surface area contributed by atoms with Gasteiger partial charge < -0.3 is 9.47 Å². The topological polar surface area (TPSA) is 8.17 Å². The molecule has 0 fully saturated rings. The zero-order chi connectivity index (χ0) is 42.4. The SMILES string of the molecule is c1ccc(-c2cc(N(c3cc(-c4ccccc4)c4ccccc4c3)c3ccccc3-c3ccccc3)ccc2-c2ccc(-n3c4ccccc4c4cc5ccccc5cc43)cc2)cc1. The van der Waals surface area contributed by atoms with Gasteiger partial charge in [-0.3, -0.25) is 0 Å². The minimum absolute atomic E-state index is 1.08. The number of rotatable bonds is 8. The largest absolute Gasteiger partial charge is 0.310 e. The van der Waals surface area contributed by atoms with E-state index in [1.54, 1.807) is 0 Å². The summed E-state index contributed by atoms with van der Waals surface area (Å²) in [5, 5.41) is 7.44. The number of hydrogen-bond acceptors (Lipinski definition) is 1. The molecule has 0 bridgehead atoms. The van der Waals surface area contributed by atoms with Gasteiger partial charge >= 0.3 is 0 Å². The molecule has 0 amide bonds. The maximum atomic E-state index is 2.45. The maximum absolute atomic E-state index is 2.45. The van der Waals surface area contributed by atoms with Crippen LogP contribution in [0.15, 0.2) is 255 Å². The van der Waals surface area contributed by atoms with Crippen molar-refractivity contribution in [3.05, 3.63) is 255 Å². The molecule has 64 heavy (non-hydrogen) atoms. The Bertz CT molecular complexity index is 3640. The van der Waals surface area contributed by atoms with E-state index in [1.807, 2.05) is 0 Å². The van der Waals surface area contributed by atoms with Crippen molar-refractivity contribution in [2.45, 2.75) is 0 Å². The molecule has 12 aromatic rings. The molecule has 11 aromatic carbocycles. The normalized spacial score (nSPS) is 11.4. The zero-order valence-corrected chi connectivity index (χ0v) is 35.1. The van der Waals surface area contributed by atoms with Crippen molar-refractivity contribution in [1.82, 2.24) is 4.57 Å². The third-order valence-corrected chi connectivity index (χ3v) is 12.7. The summed E-state index contributed by atoms with van der Waals surface area (Å²) >= 11 is 0. The first kappa shape index (κ1) is 37.3. The summed E-state index contributed by atoms with van der Waals surface area (Å²) in [4.78, 5) is 2.45. The van der Waals surface area contributed by atoms with Gasteiger partial charge in [-0.25, -0.2) is 0 Å². The molecule has 300 valence electrons. The Hall–Kier alpha value is -8.46. The van der Waals surface area contributed by atoms with Crippen molar-refractivity contribution >= 4 is 60.4 Å². The second-order valence-corrected chi connectivity index (χ2v) is 16.5. The molecule has 2 heteroatoms. The number of nitrogens with zero attached hydrogens (tertiary/aromatic N) is 2. The van der Waals surface area contributed by atoms with Crippen LogP contribution in [0.3, 0.4) is 0 Å². The lowest BCUT2D eigenvalue weighted by Gasteiger charge is -2.30. The van der Waals surface area contributed by atoms with E-state index in [1.165, 1.54) is 71.2 Å². The highest BCUT2D eigenvalue weighted by Gasteiger charge is 2.22. The zero-order valence-electron chi connectivity index (χ0n) is 35.1. The third-order valence-electron chi connectivity index (χ3n) is 12.7. The summed E-state index contributed by atoms with van der Waals surface area (Å²) in [7, 11) is 0. The number of hydrogen-bond donors (Lipinski definition) is 0. The van der Waals surface area contributed by atoms with Crippen molar-refractivity contribution in [2.75, 3.05) is 4.90 Å². The smallest absolute Gasteiger partial charge is 0.0547 e. The molecule has 0 aliphatic rings. The fourth-order valence-corrected chi connectivity index (χ4v) is 9.74. The first-order chi connectivity index (χ1) is 31.7. The first-order valence-electron chi connectivity index (χ1n) is 22.0. The van der Waals surface area contributed by atoms with Gasteiger partial charge in [0, 0.05) is 33.4 Å². The lowest BCUT2D eigenvalue weighted by molar-refractivity contribution is 1.18. The van der Waals surface area contributed by atoms with Gasteiger partial charge in [0.25, 0.3) is 0 Å². The Kier molecular flexibility index (Phi) is 9.20. The number of anilines is 3. The van der Waals surface area contributed by atoms with E-state index >= 15 is 0 Å². The van der Waals surface area contributed by atoms with E-state index in [9.17, 15) is 0 Å². The summed E-state index contributed by atoms with van der Waals surface area (Å²) in [5.41, 5.74) is 16.2. The van der Waals surface area contributed by atoms with E-state index in [0.29, 0.717) is 0 Å². The van der Waals surface area contributed by atoms with Crippen LogP contribution in [0.4, 0.5) is 17.1 Å². The molecular formula is C62H42N2. The molecule has 0 N–H and O–H groups in total. The van der Waals surface area contributed by atoms with Crippen molar-refractivity contribution in [3.63, 3.8) is 0 Å². The number of fused-ring (bicyclic) bond motifs is 5. The maximum Gasteiger partial charge on any atom is 0.0547 e. The molecule has 0 saturated heterocycles. The van der Waals surface area contributed by atoms with Gasteiger partial charge in [0.05, 0.1) is 16.7 Å². The van der Waals surface area contributed by atoms with E-state index < -0.39 is 0 Å². The van der Waals surface area contributed by atoms with E-state index in [0.717, 1.165) is 39.4 Å². The van der Waals surface area contributed by atoms with Crippen LogP contribution < -0.4 is 4.90 Å². The van der Waals surface area contributed by atoms with Gasteiger partial charge in [-0.05, 0) is 121 Å². The molecule has 1 heterocycles. The summed E-state index contributed by atoms with van der Waals surface area (Å²) < 4.78 is 2.41. The molecule has 0 atom stereocenters. The van der Waals surface area contributed by atoms with Crippen LogP contribution in [0, 0.1) is 0 Å². The van der Waals surface area contributed by atoms with Gasteiger partial charge in [-0.2, -0.15) is 0 Å². The Balaban J connectivity index is 1.05. The highest BCUT2D eigenvalue weighted by molar-refractivity contribution is 6.13. The molecule has 0 saturated carbocycles. The Labute approximate surface area is 373 Å². The van der Waals surface area contributed by atoms with Crippen LogP contribution in [-0.4, -0.2) is 4.57 Å². The van der Waals surface area contributed by atoms with Crippen LogP contribution in [0.5, 0.6) is 0 Å². The van der Waals surface area contributed by atoms with Crippen molar-refractivity contribution in [3.8, 4) is 50.2 Å². The van der Waals surface area contributed by atoms with E-state index in [4.69, 9.17) is 0 Å². The average Bonchev–Trinajstić information content (AvgIpc) is 3.69. The average molecular weight is 815 g/mol. The van der Waals surface area contributed by atoms with Crippen LogP contribution in [-0.2, 0) is 0 Å². The third kappa shape index (κ3) is 6.52. The fourth-order valence-electron chi connectivity index (χ4n) is 9.74. The fraction of sp³-hybridized carbons (Fsp3) is 0. The van der Waals surface area contributed by atoms with Gasteiger partial charge in [0.15, 0.2) is 0 Å². The van der Waals surface area contributed by atoms with Gasteiger partial charge in [-0.15, -0.1) is 0 Å². The molecule has 0 spiro atoms. The molecule has 2 nitrogen and oxygen atoms in total. The Morgan fingerprint density at radius 1 is 0.266 bits per heavy atom. The lowest BCUT2D eigenvalue weighted by atomic mass is 9.92. The summed E-state index contributed by atoms with van der Waals surface area (Å²) in [6.45, 7) is 0. The van der Waals surface area contributed by atoms with Crippen LogP contribution in [0.2, 0.25) is 0 Å². The number of para-hydroxylation sites is 2. The van der Waals surface area contributed by atoms with Gasteiger partial charge in [-0.1, -0.05) is 194 Å². The first-order valence-corrected chi connectivity index (χ1v) is 22.0. The van der Waals surface area contributed by atoms with Gasteiger partial charge in [0.2, 0.25) is 0 Å². The van der Waals surface area contributed by atoms with Crippen LogP contribution in [0.1, 0.15) is 0 Å². The number of benzene rings is 11. The minimum Gasteiger partial charge on any atom is -0.310 e. The van der Waals surface area contributed by atoms with E-state index in [-0.39, 0.29) is 0 Å². The Morgan fingerprint density at radius 3 is 1.52 bits per heavy atom. The Morgan fingerprint density at radius 2 is 0.797 bits per heavy atom. The second kappa shape index (κ2) is 15.8. The van der Waals surface area contributed by atoms with E-state index in [2.05, 4.69) is 264 Å². The molecule has 0 unspecified atom stereocenters. The summed E-state index contributed by atoms with van der Waals surface area (Å²) in [6, 6.07) is 92.8. The predicted molar refractivity (Wildman–Crippen MR) is 272 cm³/mol.